The second kappa shape index (κ2) is 3.24. The number of rotatable bonds is 2. The third-order valence-corrected chi connectivity index (χ3v) is 2.36. The van der Waals surface area contributed by atoms with Crippen molar-refractivity contribution < 1.29 is 14.7 Å². The van der Waals surface area contributed by atoms with E-state index in [2.05, 4.69) is 0 Å². The first-order valence-electron chi connectivity index (χ1n) is 4.41. The summed E-state index contributed by atoms with van der Waals surface area (Å²) in [6, 6.07) is 4.85. The van der Waals surface area contributed by atoms with E-state index in [1.807, 2.05) is 0 Å². The summed E-state index contributed by atoms with van der Waals surface area (Å²) in [5, 5.41) is 9.78. The monoisotopic (exact) mass is 203 g/mol. The number of fused-ring (bicyclic) bond motifs is 1. The van der Waals surface area contributed by atoms with Crippen molar-refractivity contribution in [3.05, 3.63) is 35.5 Å². The predicted octanol–water partition coefficient (Wildman–Crippen LogP) is 1.69. The van der Waals surface area contributed by atoms with Crippen LogP contribution in [0.15, 0.2) is 24.4 Å². The maximum atomic E-state index is 11.0. The van der Waals surface area contributed by atoms with Gasteiger partial charge in [-0.3, -0.25) is 4.79 Å². The molecule has 1 heterocycles. The van der Waals surface area contributed by atoms with Crippen molar-refractivity contribution in [2.45, 2.75) is 0 Å². The van der Waals surface area contributed by atoms with Crippen molar-refractivity contribution >= 4 is 23.2 Å². The lowest BCUT2D eigenvalue weighted by atomic mass is 10.1. The first-order valence-corrected chi connectivity index (χ1v) is 4.41. The van der Waals surface area contributed by atoms with E-state index in [4.69, 9.17) is 5.11 Å². The average Bonchev–Trinajstić information content (AvgIpc) is 2.59. The highest BCUT2D eigenvalue weighted by Gasteiger charge is 2.12. The van der Waals surface area contributed by atoms with E-state index in [1.165, 1.54) is 6.07 Å². The number of carbonyl (C=O) groups excluding carboxylic acids is 1. The van der Waals surface area contributed by atoms with E-state index in [0.717, 1.165) is 5.39 Å². The smallest absolute Gasteiger partial charge is 0.337 e. The Balaban J connectivity index is 2.89. The summed E-state index contributed by atoms with van der Waals surface area (Å²) >= 11 is 0. The molecule has 1 aromatic carbocycles. The van der Waals surface area contributed by atoms with E-state index < -0.39 is 5.97 Å². The molecule has 15 heavy (non-hydrogen) atoms. The molecule has 0 fully saturated rings. The zero-order valence-corrected chi connectivity index (χ0v) is 8.10. The fourth-order valence-corrected chi connectivity index (χ4v) is 1.70. The van der Waals surface area contributed by atoms with Crippen molar-refractivity contribution in [2.75, 3.05) is 0 Å². The normalized spacial score (nSPS) is 10.5. The zero-order valence-electron chi connectivity index (χ0n) is 8.10. The number of aromatic carboxylic acids is 1. The van der Waals surface area contributed by atoms with Crippen LogP contribution in [-0.2, 0) is 7.05 Å². The Labute approximate surface area is 85.7 Å². The molecule has 0 atom stereocenters. The van der Waals surface area contributed by atoms with Gasteiger partial charge >= 0.3 is 5.97 Å². The summed E-state index contributed by atoms with van der Waals surface area (Å²) in [6.07, 6.45) is 2.42. The van der Waals surface area contributed by atoms with Gasteiger partial charge in [0.25, 0.3) is 0 Å². The van der Waals surface area contributed by atoms with Crippen LogP contribution in [-0.4, -0.2) is 21.9 Å². The lowest BCUT2D eigenvalue weighted by Gasteiger charge is -2.02. The molecule has 0 unspecified atom stereocenters. The number of aldehydes is 1. The van der Waals surface area contributed by atoms with E-state index in [0.29, 0.717) is 17.4 Å². The van der Waals surface area contributed by atoms with Crippen molar-refractivity contribution in [1.29, 1.82) is 0 Å². The van der Waals surface area contributed by atoms with Gasteiger partial charge < -0.3 is 9.67 Å². The molecule has 0 aliphatic heterocycles. The summed E-state index contributed by atoms with van der Waals surface area (Å²) in [5.74, 6) is -1.02. The highest BCUT2D eigenvalue weighted by Crippen LogP contribution is 2.21. The second-order valence-corrected chi connectivity index (χ2v) is 3.36. The van der Waals surface area contributed by atoms with Crippen molar-refractivity contribution in [3.63, 3.8) is 0 Å². The third kappa shape index (κ3) is 1.40. The van der Waals surface area contributed by atoms with Crippen LogP contribution in [0.1, 0.15) is 20.7 Å². The van der Waals surface area contributed by atoms with Gasteiger partial charge in [0.05, 0.1) is 11.1 Å². The van der Waals surface area contributed by atoms with Gasteiger partial charge in [0.1, 0.15) is 6.29 Å². The van der Waals surface area contributed by atoms with E-state index >= 15 is 0 Å². The number of carbonyl (C=O) groups is 2. The Kier molecular flexibility index (Phi) is 2.04. The maximum absolute atomic E-state index is 11.0. The predicted molar refractivity (Wildman–Crippen MR) is 55.3 cm³/mol. The van der Waals surface area contributed by atoms with Crippen molar-refractivity contribution in [1.82, 2.24) is 4.57 Å². The molecule has 0 saturated carbocycles. The fraction of sp³-hybridized carbons (Fsp3) is 0.0909. The van der Waals surface area contributed by atoms with Crippen LogP contribution in [0.5, 0.6) is 0 Å². The van der Waals surface area contributed by atoms with Crippen LogP contribution < -0.4 is 0 Å². The number of aryl methyl sites for hydroxylation is 1. The number of nitrogens with zero attached hydrogens (tertiary/aromatic N) is 1. The first-order chi connectivity index (χ1) is 7.13. The molecule has 0 spiro atoms. The standard InChI is InChI=1S/C11H9NO3/c1-12-3-2-8-4-7(6-13)5-9(10(8)12)11(14)15/h2-6H,1H3,(H,14,15). The largest absolute Gasteiger partial charge is 0.478 e. The summed E-state index contributed by atoms with van der Waals surface area (Å²) < 4.78 is 1.73. The van der Waals surface area contributed by atoms with E-state index in [1.54, 1.807) is 29.9 Å². The molecular weight excluding hydrogens is 194 g/mol. The lowest BCUT2D eigenvalue weighted by molar-refractivity contribution is 0.0698. The molecule has 0 saturated heterocycles. The number of carboxylic acids is 1. The molecule has 1 N–H and O–H groups in total. The van der Waals surface area contributed by atoms with Crippen LogP contribution in [0.3, 0.4) is 0 Å². The molecule has 0 bridgehead atoms. The molecule has 76 valence electrons. The Morgan fingerprint density at radius 1 is 1.47 bits per heavy atom. The van der Waals surface area contributed by atoms with Gasteiger partial charge in [-0.05, 0) is 18.2 Å². The number of hydrogen-bond donors (Lipinski definition) is 1. The fourth-order valence-electron chi connectivity index (χ4n) is 1.70. The highest BCUT2D eigenvalue weighted by atomic mass is 16.4. The second-order valence-electron chi connectivity index (χ2n) is 3.36. The molecular formula is C11H9NO3. The third-order valence-electron chi connectivity index (χ3n) is 2.36. The maximum Gasteiger partial charge on any atom is 0.337 e. The van der Waals surface area contributed by atoms with E-state index in [9.17, 15) is 9.59 Å². The number of benzene rings is 1. The van der Waals surface area contributed by atoms with Crippen LogP contribution in [0, 0.1) is 0 Å². The number of aromatic nitrogens is 1. The SMILES string of the molecule is Cn1ccc2cc(C=O)cc(C(=O)O)c21. The Bertz CT molecular complexity index is 554. The molecule has 2 rings (SSSR count). The van der Waals surface area contributed by atoms with Crippen LogP contribution in [0.2, 0.25) is 0 Å². The lowest BCUT2D eigenvalue weighted by Crippen LogP contribution is -2.01. The van der Waals surface area contributed by atoms with Crippen LogP contribution in [0.4, 0.5) is 0 Å². The van der Waals surface area contributed by atoms with Gasteiger partial charge in [0.2, 0.25) is 0 Å². The molecule has 4 nitrogen and oxygen atoms in total. The summed E-state index contributed by atoms with van der Waals surface area (Å²) in [6.45, 7) is 0. The summed E-state index contributed by atoms with van der Waals surface area (Å²) in [7, 11) is 1.77. The van der Waals surface area contributed by atoms with Gasteiger partial charge in [-0.15, -0.1) is 0 Å². The first kappa shape index (κ1) is 9.45. The van der Waals surface area contributed by atoms with Crippen molar-refractivity contribution in [3.8, 4) is 0 Å². The minimum absolute atomic E-state index is 0.155. The number of hydrogen-bond acceptors (Lipinski definition) is 2. The summed E-state index contributed by atoms with van der Waals surface area (Å²) in [4.78, 5) is 21.6. The topological polar surface area (TPSA) is 59.3 Å². The molecule has 0 aliphatic carbocycles. The van der Waals surface area contributed by atoms with Gasteiger partial charge in [0.15, 0.2) is 0 Å². The van der Waals surface area contributed by atoms with Gasteiger partial charge in [0, 0.05) is 24.2 Å². The van der Waals surface area contributed by atoms with Gasteiger partial charge in [-0.25, -0.2) is 4.79 Å². The minimum Gasteiger partial charge on any atom is -0.478 e. The minimum atomic E-state index is -1.02. The molecule has 2 aromatic rings. The van der Waals surface area contributed by atoms with Gasteiger partial charge in [-0.2, -0.15) is 0 Å². The highest BCUT2D eigenvalue weighted by molar-refractivity contribution is 6.04. The molecule has 4 heteroatoms. The average molecular weight is 203 g/mol. The Morgan fingerprint density at radius 2 is 2.20 bits per heavy atom. The molecule has 0 amide bonds. The number of carboxylic acid groups (broad SMARTS) is 1. The Hall–Kier alpha value is -2.10. The molecule has 0 radical (unpaired) electrons. The molecule has 0 aliphatic rings. The van der Waals surface area contributed by atoms with E-state index in [-0.39, 0.29) is 5.56 Å². The zero-order chi connectivity index (χ0) is 11.0. The van der Waals surface area contributed by atoms with Gasteiger partial charge in [-0.1, -0.05) is 0 Å². The van der Waals surface area contributed by atoms with Crippen LogP contribution >= 0.6 is 0 Å². The quantitative estimate of drug-likeness (QED) is 0.755. The van der Waals surface area contributed by atoms with Crippen LogP contribution in [0.25, 0.3) is 10.9 Å². The van der Waals surface area contributed by atoms with Crippen molar-refractivity contribution in [2.24, 2.45) is 7.05 Å². The Morgan fingerprint density at radius 3 is 2.80 bits per heavy atom. The summed E-state index contributed by atoms with van der Waals surface area (Å²) in [5.41, 5.74) is 1.17. The molecule has 1 aromatic heterocycles.